The molecule has 0 aliphatic carbocycles. The van der Waals surface area contributed by atoms with Crippen molar-refractivity contribution in [3.63, 3.8) is 0 Å². The first-order valence-corrected chi connectivity index (χ1v) is 17.4. The van der Waals surface area contributed by atoms with Gasteiger partial charge in [0, 0.05) is 30.1 Å². The lowest BCUT2D eigenvalue weighted by Crippen LogP contribution is -2.59. The summed E-state index contributed by atoms with van der Waals surface area (Å²) in [7, 11) is 0. The second kappa shape index (κ2) is 19.7. The molecule has 1 aromatic heterocycles. The third-order valence-electron chi connectivity index (χ3n) is 8.84. The van der Waals surface area contributed by atoms with Crippen LogP contribution in [0.15, 0.2) is 30.5 Å². The Balaban J connectivity index is 1.66. The van der Waals surface area contributed by atoms with Crippen LogP contribution >= 0.6 is 0 Å². The zero-order chi connectivity index (χ0) is 41.9. The molecular weight excluding hydrogens is 740 g/mol. The minimum Gasteiger partial charge on any atom is -0.481 e. The number of likely N-dealkylation sites (tertiary alicyclic amines) is 1. The Morgan fingerprint density at radius 3 is 1.98 bits per heavy atom. The summed E-state index contributed by atoms with van der Waals surface area (Å²) in [6.07, 6.45) is -0.323. The van der Waals surface area contributed by atoms with E-state index in [1.807, 2.05) is 0 Å². The highest BCUT2D eigenvalue weighted by Crippen LogP contribution is 2.21. The van der Waals surface area contributed by atoms with Crippen LogP contribution in [0.3, 0.4) is 0 Å². The molecule has 0 radical (unpaired) electrons. The van der Waals surface area contributed by atoms with E-state index in [1.54, 1.807) is 30.5 Å². The van der Waals surface area contributed by atoms with Gasteiger partial charge >= 0.3 is 11.9 Å². The molecule has 14 N–H and O–H groups in total. The Morgan fingerprint density at radius 1 is 0.768 bits per heavy atom. The number of aliphatic carboxylic acids is 2. The van der Waals surface area contributed by atoms with Gasteiger partial charge in [-0.15, -0.1) is 0 Å². The molecule has 8 amide bonds. The van der Waals surface area contributed by atoms with E-state index in [0.717, 1.165) is 10.4 Å². The molecule has 1 aromatic carbocycles. The Bertz CT molecular complexity index is 1870. The number of carboxylic acid groups (broad SMARTS) is 2. The highest BCUT2D eigenvalue weighted by molar-refractivity contribution is 5.99. The largest absolute Gasteiger partial charge is 0.481 e. The van der Waals surface area contributed by atoms with Crippen LogP contribution in [0.4, 0.5) is 0 Å². The second-order valence-corrected chi connectivity index (χ2v) is 13.3. The summed E-state index contributed by atoms with van der Waals surface area (Å²) in [6.45, 7) is 2.52. The molecular formula is C34H46N10O12. The number of primary amides is 2. The van der Waals surface area contributed by atoms with Crippen LogP contribution in [0, 0.1) is 0 Å². The number of hydrogen-bond donors (Lipinski definition) is 11. The molecule has 56 heavy (non-hydrogen) atoms. The number of rotatable bonds is 20. The molecule has 0 spiro atoms. The second-order valence-electron chi connectivity index (χ2n) is 13.3. The van der Waals surface area contributed by atoms with Crippen LogP contribution in [-0.4, -0.2) is 128 Å². The number of nitrogens with one attached hydrogen (secondary N) is 6. The number of aromatic nitrogens is 1. The third kappa shape index (κ3) is 12.2. The van der Waals surface area contributed by atoms with E-state index in [0.29, 0.717) is 17.4 Å². The number of carboxylic acids is 2. The fourth-order valence-electron chi connectivity index (χ4n) is 5.97. The van der Waals surface area contributed by atoms with Crippen molar-refractivity contribution in [1.82, 2.24) is 36.5 Å². The van der Waals surface area contributed by atoms with Crippen LogP contribution in [0.2, 0.25) is 0 Å². The van der Waals surface area contributed by atoms with Crippen molar-refractivity contribution in [3.05, 3.63) is 36.0 Å². The normalized spacial score (nSPS) is 16.9. The predicted octanol–water partition coefficient (Wildman–Crippen LogP) is -4.20. The number of aromatic amines is 1. The summed E-state index contributed by atoms with van der Waals surface area (Å²) in [6, 6.07) is -3.03. The maximum absolute atomic E-state index is 13.5. The van der Waals surface area contributed by atoms with Crippen LogP contribution in [0.1, 0.15) is 51.5 Å². The number of hydrogen-bond acceptors (Lipinski definition) is 11. The lowest BCUT2D eigenvalue weighted by atomic mass is 10.0. The summed E-state index contributed by atoms with van der Waals surface area (Å²) in [5.74, 6) is -10.4. The number of carbonyl (C=O) groups excluding carboxylic acids is 8. The Labute approximate surface area is 319 Å². The molecule has 2 heterocycles. The maximum Gasteiger partial charge on any atom is 0.326 e. The molecule has 1 saturated heterocycles. The zero-order valence-corrected chi connectivity index (χ0v) is 30.5. The highest BCUT2D eigenvalue weighted by Gasteiger charge is 2.39. The Hall–Kier alpha value is -6.58. The van der Waals surface area contributed by atoms with E-state index in [2.05, 4.69) is 31.6 Å². The molecule has 304 valence electrons. The monoisotopic (exact) mass is 786 g/mol. The number of para-hydroxylation sites is 1. The first kappa shape index (κ1) is 43.8. The maximum atomic E-state index is 13.5. The lowest BCUT2D eigenvalue weighted by Gasteiger charge is -2.29. The minimum atomic E-state index is -1.73. The number of H-pyrrole nitrogens is 1. The quantitative estimate of drug-likeness (QED) is 0.0607. The van der Waals surface area contributed by atoms with Gasteiger partial charge in [0.2, 0.25) is 47.3 Å². The zero-order valence-electron chi connectivity index (χ0n) is 30.5. The van der Waals surface area contributed by atoms with E-state index in [-0.39, 0.29) is 19.4 Å². The molecule has 1 fully saturated rings. The van der Waals surface area contributed by atoms with Crippen molar-refractivity contribution < 1.29 is 58.2 Å². The van der Waals surface area contributed by atoms with Crippen LogP contribution in [0.5, 0.6) is 0 Å². The molecule has 3 rings (SSSR count). The summed E-state index contributed by atoms with van der Waals surface area (Å²) >= 11 is 0. The minimum absolute atomic E-state index is 0.0230. The van der Waals surface area contributed by atoms with Crippen molar-refractivity contribution in [2.75, 3.05) is 6.54 Å². The molecule has 22 nitrogen and oxygen atoms in total. The smallest absolute Gasteiger partial charge is 0.326 e. The van der Waals surface area contributed by atoms with E-state index in [4.69, 9.17) is 17.2 Å². The molecule has 0 saturated carbocycles. The van der Waals surface area contributed by atoms with Gasteiger partial charge < -0.3 is 63.9 Å². The van der Waals surface area contributed by atoms with Crippen LogP contribution in [0.25, 0.3) is 10.9 Å². The molecule has 1 aliphatic heterocycles. The number of amides is 8. The van der Waals surface area contributed by atoms with Gasteiger partial charge in [-0.2, -0.15) is 0 Å². The number of nitrogens with two attached hydrogens (primary N) is 3. The highest BCUT2D eigenvalue weighted by atomic mass is 16.4. The lowest BCUT2D eigenvalue weighted by molar-refractivity contribution is -0.145. The molecule has 0 bridgehead atoms. The topological polar surface area (TPSA) is 368 Å². The van der Waals surface area contributed by atoms with Gasteiger partial charge in [-0.25, -0.2) is 4.79 Å². The number of fused-ring (bicyclic) bond motifs is 1. The van der Waals surface area contributed by atoms with E-state index >= 15 is 0 Å². The Kier molecular flexibility index (Phi) is 15.4. The van der Waals surface area contributed by atoms with Gasteiger partial charge in [-0.3, -0.25) is 43.2 Å². The van der Waals surface area contributed by atoms with E-state index in [1.165, 1.54) is 13.8 Å². The van der Waals surface area contributed by atoms with Crippen molar-refractivity contribution >= 4 is 70.1 Å². The summed E-state index contributed by atoms with van der Waals surface area (Å²) in [5.41, 5.74) is 17.2. The first-order chi connectivity index (χ1) is 26.3. The molecule has 7 atom stereocenters. The SMILES string of the molecule is C[C@H](NC(=O)[C@@H](N)CC(N)=O)C(=O)N[C@@H](CC(N)=O)C(=O)N[C@@H](C)C(=O)N1CCC[C@H]1C(=O)N[C@@H](CC(=O)O)C(=O)N[C@@H](Cc1c[nH]c2ccccc12)C(=O)O. The van der Waals surface area contributed by atoms with Gasteiger partial charge in [0.15, 0.2) is 0 Å². The fraction of sp³-hybridized carbons (Fsp3) is 0.471. The van der Waals surface area contributed by atoms with Crippen molar-refractivity contribution in [1.29, 1.82) is 0 Å². The van der Waals surface area contributed by atoms with E-state index < -0.39 is 121 Å². The van der Waals surface area contributed by atoms with Crippen molar-refractivity contribution in [2.24, 2.45) is 17.2 Å². The average Bonchev–Trinajstić information content (AvgIpc) is 3.77. The van der Waals surface area contributed by atoms with Gasteiger partial charge in [-0.05, 0) is 38.3 Å². The van der Waals surface area contributed by atoms with Crippen molar-refractivity contribution in [2.45, 2.75) is 94.7 Å². The molecule has 0 unspecified atom stereocenters. The van der Waals surface area contributed by atoms with Crippen LogP contribution < -0.4 is 43.8 Å². The van der Waals surface area contributed by atoms with Gasteiger partial charge in [0.1, 0.15) is 36.3 Å². The van der Waals surface area contributed by atoms with Crippen LogP contribution in [-0.2, 0) is 54.4 Å². The molecule has 1 aliphatic rings. The average molecular weight is 787 g/mol. The summed E-state index contributed by atoms with van der Waals surface area (Å²) < 4.78 is 0. The first-order valence-electron chi connectivity index (χ1n) is 17.4. The van der Waals surface area contributed by atoms with Gasteiger partial charge in [0.25, 0.3) is 0 Å². The van der Waals surface area contributed by atoms with Crippen molar-refractivity contribution in [3.8, 4) is 0 Å². The summed E-state index contributed by atoms with van der Waals surface area (Å²) in [5, 5.41) is 31.5. The van der Waals surface area contributed by atoms with Gasteiger partial charge in [-0.1, -0.05) is 18.2 Å². The predicted molar refractivity (Wildman–Crippen MR) is 193 cm³/mol. The molecule has 22 heteroatoms. The number of nitrogens with zero attached hydrogens (tertiary/aromatic N) is 1. The standard InChI is InChI=1S/C34H46N10O12/c1-15(39-29(50)19(35)11-25(36)45)28(49)41-21(12-26(37)46)30(51)40-16(2)33(54)44-9-5-8-24(44)32(53)42-22(13-27(47)48)31(52)43-23(34(55)56)10-17-14-38-20-7-4-3-6-18(17)20/h3-4,6-7,14-16,19,21-24,38H,5,8-13,35H2,1-2H3,(H2,36,45)(H2,37,46)(H,39,50)(H,40,51)(H,41,49)(H,42,53)(H,43,52)(H,47,48)(H,55,56)/t15-,16-,19-,21-,22-,23-,24-/m0/s1. The van der Waals surface area contributed by atoms with Gasteiger partial charge in [0.05, 0.1) is 25.3 Å². The van der Waals surface area contributed by atoms with E-state index in [9.17, 15) is 58.2 Å². The Morgan fingerprint density at radius 2 is 1.36 bits per heavy atom. The summed E-state index contributed by atoms with van der Waals surface area (Å²) in [4.78, 5) is 129. The number of benzene rings is 1. The fourth-order valence-corrected chi connectivity index (χ4v) is 5.97. The molecule has 2 aromatic rings. The third-order valence-corrected chi connectivity index (χ3v) is 8.84. The number of carbonyl (C=O) groups is 10.